The number of H-pyrrole nitrogens is 1. The molecule has 6 atom stereocenters. The molecule has 1 aromatic heterocycles. The zero-order valence-corrected chi connectivity index (χ0v) is 19.9. The van der Waals surface area contributed by atoms with Crippen LogP contribution in [0.3, 0.4) is 0 Å². The minimum atomic E-state index is -2.27. The number of carboxylic acid groups (broad SMARTS) is 2. The predicted molar refractivity (Wildman–Crippen MR) is 128 cm³/mol. The fourth-order valence-electron chi connectivity index (χ4n) is 5.52. The molecule has 1 fully saturated rings. The number of carbonyl (C=O) groups excluding carboxylic acids is 1. The van der Waals surface area contributed by atoms with E-state index in [2.05, 4.69) is 66.2 Å². The largest absolute Gasteiger partial charge is 0.479 e. The lowest BCUT2D eigenvalue weighted by Gasteiger charge is -2.48. The molecule has 10 nitrogen and oxygen atoms in total. The van der Waals surface area contributed by atoms with Crippen molar-refractivity contribution in [1.29, 1.82) is 0 Å². The number of benzene rings is 1. The van der Waals surface area contributed by atoms with E-state index in [0.29, 0.717) is 24.0 Å². The van der Waals surface area contributed by atoms with Crippen LogP contribution in [0.25, 0.3) is 16.5 Å². The molecule has 2 aromatic rings. The molecule has 0 spiro atoms. The summed E-state index contributed by atoms with van der Waals surface area (Å²) in [6, 6.07) is 7.62. The first-order chi connectivity index (χ1) is 16.5. The average Bonchev–Trinajstić information content (AvgIpc) is 3.23. The first kappa shape index (κ1) is 24.9. The minimum Gasteiger partial charge on any atom is -0.479 e. The van der Waals surface area contributed by atoms with Gasteiger partial charge in [-0.05, 0) is 56.5 Å². The Kier molecular flexibility index (Phi) is 6.72. The van der Waals surface area contributed by atoms with Crippen molar-refractivity contribution in [3.63, 3.8) is 0 Å². The number of carboxylic acids is 2. The van der Waals surface area contributed by atoms with Gasteiger partial charge in [0.1, 0.15) is 0 Å². The molecule has 5 rings (SSSR count). The van der Waals surface area contributed by atoms with Gasteiger partial charge < -0.3 is 30.3 Å². The van der Waals surface area contributed by atoms with E-state index < -0.39 is 24.1 Å². The number of aliphatic hydroxyl groups excluding tert-OH is 2. The van der Waals surface area contributed by atoms with Crippen LogP contribution in [-0.2, 0) is 20.8 Å². The van der Waals surface area contributed by atoms with Gasteiger partial charge in [0.2, 0.25) is 5.91 Å². The van der Waals surface area contributed by atoms with E-state index in [1.54, 1.807) is 0 Å². The van der Waals surface area contributed by atoms with Crippen LogP contribution in [0, 0.1) is 5.92 Å². The van der Waals surface area contributed by atoms with E-state index in [1.807, 2.05) is 0 Å². The molecule has 35 heavy (non-hydrogen) atoms. The van der Waals surface area contributed by atoms with E-state index in [4.69, 9.17) is 20.4 Å². The van der Waals surface area contributed by atoms with Crippen LogP contribution in [0.1, 0.15) is 31.4 Å². The van der Waals surface area contributed by atoms with Crippen molar-refractivity contribution in [1.82, 2.24) is 14.8 Å². The number of hydrogen-bond donors (Lipinski definition) is 5. The zero-order valence-electron chi connectivity index (χ0n) is 19.9. The highest BCUT2D eigenvalue weighted by Crippen LogP contribution is 2.41. The molecule has 3 aliphatic rings. The molecule has 0 radical (unpaired) electrons. The predicted octanol–water partition coefficient (Wildman–Crippen LogP) is 0.924. The summed E-state index contributed by atoms with van der Waals surface area (Å²) in [5, 5.41) is 33.9. The maximum atomic E-state index is 13.1. The second-order valence-electron chi connectivity index (χ2n) is 9.68. The van der Waals surface area contributed by atoms with E-state index in [-0.39, 0.29) is 5.92 Å². The number of carbonyl (C=O) groups is 3. The maximum absolute atomic E-state index is 13.1. The van der Waals surface area contributed by atoms with E-state index in [9.17, 15) is 14.4 Å². The Morgan fingerprint density at radius 2 is 1.69 bits per heavy atom. The monoisotopic (exact) mass is 485 g/mol. The molecular weight excluding hydrogens is 454 g/mol. The maximum Gasteiger partial charge on any atom is 0.335 e. The molecule has 10 heteroatoms. The average molecular weight is 486 g/mol. The number of fused-ring (bicyclic) bond motifs is 2. The van der Waals surface area contributed by atoms with Gasteiger partial charge in [0, 0.05) is 41.8 Å². The van der Waals surface area contributed by atoms with E-state index in [1.165, 1.54) is 27.6 Å². The molecule has 5 N–H and O–H groups in total. The van der Waals surface area contributed by atoms with Crippen LogP contribution in [0.4, 0.5) is 0 Å². The van der Waals surface area contributed by atoms with Crippen molar-refractivity contribution < 1.29 is 34.8 Å². The molecule has 0 bridgehead atoms. The number of aromatic amines is 1. The van der Waals surface area contributed by atoms with Crippen molar-refractivity contribution in [3.05, 3.63) is 41.6 Å². The van der Waals surface area contributed by atoms with Crippen LogP contribution < -0.4 is 0 Å². The van der Waals surface area contributed by atoms with Crippen molar-refractivity contribution in [2.75, 3.05) is 13.6 Å². The summed E-state index contributed by atoms with van der Waals surface area (Å²) >= 11 is 0. The number of nitrogens with one attached hydrogen (secondary N) is 1. The number of rotatable bonds is 4. The third kappa shape index (κ3) is 4.44. The second-order valence-corrected chi connectivity index (χ2v) is 9.68. The molecule has 1 amide bonds. The van der Waals surface area contributed by atoms with Gasteiger partial charge in [0.05, 0.1) is 5.92 Å². The smallest absolute Gasteiger partial charge is 0.335 e. The molecule has 1 aliphatic carbocycles. The number of nitrogens with zero attached hydrogens (tertiary/aromatic N) is 2. The highest BCUT2D eigenvalue weighted by Gasteiger charge is 2.42. The number of likely N-dealkylation sites (tertiary alicyclic amines) is 1. The lowest BCUT2D eigenvalue weighted by Crippen LogP contribution is -2.59. The Balaban J connectivity index is 0.000000248. The minimum absolute atomic E-state index is 0.0304. The summed E-state index contributed by atoms with van der Waals surface area (Å²) < 4.78 is 0. The first-order valence-corrected chi connectivity index (χ1v) is 11.7. The van der Waals surface area contributed by atoms with Gasteiger partial charge in [-0.25, -0.2) is 9.59 Å². The highest BCUT2D eigenvalue weighted by molar-refractivity contribution is 5.99. The van der Waals surface area contributed by atoms with Crippen LogP contribution in [0.5, 0.6) is 0 Å². The summed E-state index contributed by atoms with van der Waals surface area (Å²) in [6.07, 6.45) is 2.04. The second kappa shape index (κ2) is 9.44. The number of aliphatic carboxylic acids is 2. The summed E-state index contributed by atoms with van der Waals surface area (Å²) in [6.45, 7) is 5.14. The third-order valence-electron chi connectivity index (χ3n) is 7.28. The fraction of sp³-hybridized carbons (Fsp3) is 0.480. The van der Waals surface area contributed by atoms with Gasteiger partial charge in [0.15, 0.2) is 12.2 Å². The molecule has 0 unspecified atom stereocenters. The van der Waals surface area contributed by atoms with Crippen molar-refractivity contribution in [3.8, 4) is 0 Å². The lowest BCUT2D eigenvalue weighted by atomic mass is 9.79. The van der Waals surface area contributed by atoms with E-state index in [0.717, 1.165) is 19.4 Å². The molecule has 2 aliphatic heterocycles. The first-order valence-electron chi connectivity index (χ1n) is 11.7. The topological polar surface area (TPSA) is 154 Å². The van der Waals surface area contributed by atoms with Gasteiger partial charge in [0.25, 0.3) is 0 Å². The highest BCUT2D eigenvalue weighted by atomic mass is 16.4. The number of aromatic nitrogens is 1. The van der Waals surface area contributed by atoms with Crippen molar-refractivity contribution in [2.45, 2.75) is 57.0 Å². The Bertz CT molecular complexity index is 1160. The van der Waals surface area contributed by atoms with Gasteiger partial charge >= 0.3 is 11.9 Å². The zero-order chi connectivity index (χ0) is 25.6. The standard InChI is InChI=1S/C21H25N3O.C4H6O6/c1-12-7-13(2)24(12)21(25)15-8-17-16-5-4-6-18-20(16)14(10-22-18)9-19(17)23(3)11-15;5-1(3(7)8)2(6)4(9)10/h4-6,8,10,12-13,15,19,22H,7,9,11H2,1-3H3;1-2,5-6H,(H,7,8)(H,9,10)/t12-,13-,15+,19+;1-,2-/m00/s1. The molecule has 1 saturated heterocycles. The van der Waals surface area contributed by atoms with Gasteiger partial charge in [-0.15, -0.1) is 0 Å². The van der Waals surface area contributed by atoms with Crippen LogP contribution in [-0.4, -0.2) is 97.0 Å². The van der Waals surface area contributed by atoms with E-state index >= 15 is 0 Å². The van der Waals surface area contributed by atoms with Crippen LogP contribution in [0.15, 0.2) is 30.5 Å². The normalized spacial score (nSPS) is 27.0. The van der Waals surface area contributed by atoms with Crippen LogP contribution in [0.2, 0.25) is 0 Å². The van der Waals surface area contributed by atoms with Crippen molar-refractivity contribution in [2.24, 2.45) is 5.92 Å². The van der Waals surface area contributed by atoms with Gasteiger partial charge in [-0.2, -0.15) is 0 Å². The quantitative estimate of drug-likeness (QED) is 0.428. The molecule has 3 heterocycles. The summed E-state index contributed by atoms with van der Waals surface area (Å²) in [7, 11) is 2.17. The summed E-state index contributed by atoms with van der Waals surface area (Å²) in [5.41, 5.74) is 5.24. The molecule has 1 aromatic carbocycles. The Morgan fingerprint density at radius 1 is 1.06 bits per heavy atom. The molecule has 188 valence electrons. The molecular formula is C25H31N3O7. The number of hydrogen-bond acceptors (Lipinski definition) is 6. The fourth-order valence-corrected chi connectivity index (χ4v) is 5.52. The van der Waals surface area contributed by atoms with Gasteiger partial charge in [-0.1, -0.05) is 18.2 Å². The van der Waals surface area contributed by atoms with Crippen molar-refractivity contribution >= 4 is 34.3 Å². The van der Waals surface area contributed by atoms with Gasteiger partial charge in [-0.3, -0.25) is 9.69 Å². The number of aliphatic hydroxyl groups is 2. The SMILES string of the molecule is C[C@H]1C[C@H](C)N1C(=O)[C@@H]1C=C2c3cccc4[nH]cc(c34)C[C@H]2N(C)C1.O=C(O)[C@@H](O)[C@H](O)C(=O)O. The third-order valence-corrected chi connectivity index (χ3v) is 7.28. The Labute approximate surface area is 202 Å². The van der Waals surface area contributed by atoms with Crippen LogP contribution >= 0.6 is 0 Å². The Hall–Kier alpha value is -3.21. The number of likely N-dealkylation sites (N-methyl/N-ethyl adjacent to an activating group) is 1. The summed E-state index contributed by atoms with van der Waals surface area (Å²) in [5.74, 6) is -3.27. The Morgan fingerprint density at radius 3 is 2.26 bits per heavy atom. The summed E-state index contributed by atoms with van der Waals surface area (Å²) in [4.78, 5) is 40.5. The lowest BCUT2D eigenvalue weighted by molar-refractivity contribution is -0.165. The molecule has 0 saturated carbocycles. The number of amides is 1.